The van der Waals surface area contributed by atoms with Crippen molar-refractivity contribution in [3.8, 4) is 0 Å². The minimum atomic E-state index is 0.0659. The van der Waals surface area contributed by atoms with Gasteiger partial charge in [-0.3, -0.25) is 4.79 Å². The van der Waals surface area contributed by atoms with Gasteiger partial charge in [-0.1, -0.05) is 6.07 Å². The molecular formula is C12H16N2OS. The number of benzene rings is 1. The van der Waals surface area contributed by atoms with Crippen LogP contribution in [0.3, 0.4) is 0 Å². The average Bonchev–Trinajstić information content (AvgIpc) is 2.29. The first-order valence-electron chi connectivity index (χ1n) is 5.41. The van der Waals surface area contributed by atoms with E-state index in [1.54, 1.807) is 0 Å². The Morgan fingerprint density at radius 2 is 2.38 bits per heavy atom. The predicted octanol–water partition coefficient (Wildman–Crippen LogP) is 1.63. The van der Waals surface area contributed by atoms with Gasteiger partial charge in [0.2, 0.25) is 5.91 Å². The first-order valence-corrected chi connectivity index (χ1v) is 6.80. The zero-order valence-corrected chi connectivity index (χ0v) is 10.2. The minimum Gasteiger partial charge on any atom is -0.325 e. The topological polar surface area (TPSA) is 41.1 Å². The largest absolute Gasteiger partial charge is 0.325 e. The number of rotatable bonds is 3. The molecule has 0 atom stereocenters. The Kier molecular flexibility index (Phi) is 3.85. The van der Waals surface area contributed by atoms with Crippen molar-refractivity contribution in [2.24, 2.45) is 0 Å². The van der Waals surface area contributed by atoms with Gasteiger partial charge in [-0.15, -0.1) is 0 Å². The van der Waals surface area contributed by atoms with Crippen LogP contribution >= 0.6 is 11.8 Å². The van der Waals surface area contributed by atoms with Crippen molar-refractivity contribution in [2.45, 2.75) is 13.0 Å². The molecule has 3 nitrogen and oxygen atoms in total. The van der Waals surface area contributed by atoms with E-state index >= 15 is 0 Å². The maximum Gasteiger partial charge on any atom is 0.234 e. The van der Waals surface area contributed by atoms with Crippen molar-refractivity contribution in [2.75, 3.05) is 23.9 Å². The molecule has 0 radical (unpaired) electrons. The predicted molar refractivity (Wildman–Crippen MR) is 68.9 cm³/mol. The van der Waals surface area contributed by atoms with Crippen LogP contribution in [-0.2, 0) is 17.8 Å². The molecule has 1 aromatic carbocycles. The summed E-state index contributed by atoms with van der Waals surface area (Å²) in [4.78, 5) is 11.4. The molecule has 0 unspecified atom stereocenters. The van der Waals surface area contributed by atoms with E-state index in [-0.39, 0.29) is 5.91 Å². The summed E-state index contributed by atoms with van der Waals surface area (Å²) in [5, 5.41) is 6.24. The first-order chi connectivity index (χ1) is 7.79. The number of thioether (sulfide) groups is 1. The quantitative estimate of drug-likeness (QED) is 0.838. The van der Waals surface area contributed by atoms with Crippen LogP contribution in [0.2, 0.25) is 0 Å². The third-order valence-electron chi connectivity index (χ3n) is 2.65. The fourth-order valence-corrected chi connectivity index (χ4v) is 2.22. The van der Waals surface area contributed by atoms with Gasteiger partial charge in [0.1, 0.15) is 0 Å². The lowest BCUT2D eigenvalue weighted by Crippen LogP contribution is -2.24. The number of fused-ring (bicyclic) bond motifs is 1. The molecule has 86 valence electrons. The monoisotopic (exact) mass is 236 g/mol. The molecule has 1 heterocycles. The van der Waals surface area contributed by atoms with Crippen LogP contribution in [0, 0.1) is 0 Å². The molecular weight excluding hydrogens is 220 g/mol. The standard InChI is InChI=1S/C12H16N2OS/c1-16-8-12(15)14-11-3-2-9-4-5-13-7-10(9)6-11/h2-3,6,13H,4-5,7-8H2,1H3,(H,14,15). The Morgan fingerprint density at radius 1 is 1.50 bits per heavy atom. The Bertz CT molecular complexity index is 393. The Hall–Kier alpha value is -1.00. The molecule has 1 aromatic rings. The summed E-state index contributed by atoms with van der Waals surface area (Å²) in [7, 11) is 0. The molecule has 1 amide bonds. The molecule has 0 saturated heterocycles. The van der Waals surface area contributed by atoms with Crippen molar-refractivity contribution in [3.63, 3.8) is 0 Å². The zero-order valence-electron chi connectivity index (χ0n) is 9.38. The Labute approximate surface area is 100.0 Å². The van der Waals surface area contributed by atoms with Gasteiger partial charge >= 0.3 is 0 Å². The van der Waals surface area contributed by atoms with Gasteiger partial charge in [-0.25, -0.2) is 0 Å². The smallest absolute Gasteiger partial charge is 0.234 e. The molecule has 16 heavy (non-hydrogen) atoms. The van der Waals surface area contributed by atoms with Gasteiger partial charge in [-0.2, -0.15) is 11.8 Å². The number of hydrogen-bond donors (Lipinski definition) is 2. The van der Waals surface area contributed by atoms with Crippen LogP contribution < -0.4 is 10.6 Å². The molecule has 0 spiro atoms. The van der Waals surface area contributed by atoms with Gasteiger partial charge in [0.05, 0.1) is 5.75 Å². The van der Waals surface area contributed by atoms with Gasteiger partial charge in [0, 0.05) is 12.2 Å². The van der Waals surface area contributed by atoms with E-state index in [1.165, 1.54) is 22.9 Å². The highest BCUT2D eigenvalue weighted by Crippen LogP contribution is 2.19. The highest BCUT2D eigenvalue weighted by atomic mass is 32.2. The van der Waals surface area contributed by atoms with E-state index in [4.69, 9.17) is 0 Å². The molecule has 1 aliphatic rings. The summed E-state index contributed by atoms with van der Waals surface area (Å²) in [6.45, 7) is 1.95. The first kappa shape index (κ1) is 11.5. The number of carbonyl (C=O) groups is 1. The maximum absolute atomic E-state index is 11.4. The lowest BCUT2D eigenvalue weighted by molar-refractivity contribution is -0.113. The number of nitrogens with one attached hydrogen (secondary N) is 2. The molecule has 0 saturated carbocycles. The van der Waals surface area contributed by atoms with Gasteiger partial charge in [-0.05, 0) is 42.5 Å². The average molecular weight is 236 g/mol. The lowest BCUT2D eigenvalue weighted by Gasteiger charge is -2.18. The summed E-state index contributed by atoms with van der Waals surface area (Å²) in [6, 6.07) is 6.17. The van der Waals surface area contributed by atoms with E-state index in [9.17, 15) is 4.79 Å². The van der Waals surface area contributed by atoms with Crippen LogP contribution in [0.1, 0.15) is 11.1 Å². The third-order valence-corrected chi connectivity index (χ3v) is 3.20. The van der Waals surface area contributed by atoms with E-state index in [0.717, 1.165) is 25.2 Å². The second-order valence-corrected chi connectivity index (χ2v) is 4.76. The van der Waals surface area contributed by atoms with Crippen LogP contribution in [-0.4, -0.2) is 24.5 Å². The summed E-state index contributed by atoms with van der Waals surface area (Å²) >= 11 is 1.53. The van der Waals surface area contributed by atoms with Gasteiger partial charge in [0.15, 0.2) is 0 Å². The SMILES string of the molecule is CSCC(=O)Nc1ccc2c(c1)CNCC2. The second-order valence-electron chi connectivity index (χ2n) is 3.89. The van der Waals surface area contributed by atoms with Crippen LogP contribution in [0.25, 0.3) is 0 Å². The molecule has 0 fully saturated rings. The summed E-state index contributed by atoms with van der Waals surface area (Å²) in [5.41, 5.74) is 3.59. The summed E-state index contributed by atoms with van der Waals surface area (Å²) in [5.74, 6) is 0.575. The van der Waals surface area contributed by atoms with Gasteiger partial charge in [0.25, 0.3) is 0 Å². The Morgan fingerprint density at radius 3 is 3.19 bits per heavy atom. The lowest BCUT2D eigenvalue weighted by atomic mass is 10.0. The second kappa shape index (κ2) is 5.37. The normalized spacial score (nSPS) is 14.3. The van der Waals surface area contributed by atoms with Crippen molar-refractivity contribution < 1.29 is 4.79 Å². The van der Waals surface area contributed by atoms with E-state index < -0.39 is 0 Å². The Balaban J connectivity index is 2.08. The molecule has 1 aliphatic heterocycles. The number of carbonyl (C=O) groups excluding carboxylic acids is 1. The summed E-state index contributed by atoms with van der Waals surface area (Å²) < 4.78 is 0. The molecule has 4 heteroatoms. The molecule has 2 N–H and O–H groups in total. The van der Waals surface area contributed by atoms with Crippen molar-refractivity contribution >= 4 is 23.4 Å². The fraction of sp³-hybridized carbons (Fsp3) is 0.417. The van der Waals surface area contributed by atoms with Crippen LogP contribution in [0.5, 0.6) is 0 Å². The fourth-order valence-electron chi connectivity index (χ4n) is 1.89. The van der Waals surface area contributed by atoms with E-state index in [1.807, 2.05) is 12.3 Å². The van der Waals surface area contributed by atoms with E-state index in [0.29, 0.717) is 5.75 Å². The summed E-state index contributed by atoms with van der Waals surface area (Å²) in [6.07, 6.45) is 3.00. The van der Waals surface area contributed by atoms with Crippen molar-refractivity contribution in [1.29, 1.82) is 0 Å². The van der Waals surface area contributed by atoms with Crippen LogP contribution in [0.4, 0.5) is 5.69 Å². The number of hydrogen-bond acceptors (Lipinski definition) is 3. The van der Waals surface area contributed by atoms with Crippen LogP contribution in [0.15, 0.2) is 18.2 Å². The molecule has 0 aromatic heterocycles. The maximum atomic E-state index is 11.4. The molecule has 0 aliphatic carbocycles. The number of amides is 1. The van der Waals surface area contributed by atoms with Crippen molar-refractivity contribution in [3.05, 3.63) is 29.3 Å². The van der Waals surface area contributed by atoms with Gasteiger partial charge < -0.3 is 10.6 Å². The highest BCUT2D eigenvalue weighted by Gasteiger charge is 2.09. The van der Waals surface area contributed by atoms with E-state index in [2.05, 4.69) is 22.8 Å². The van der Waals surface area contributed by atoms with Crippen molar-refractivity contribution in [1.82, 2.24) is 5.32 Å². The molecule has 0 bridgehead atoms. The highest BCUT2D eigenvalue weighted by molar-refractivity contribution is 7.99. The third kappa shape index (κ3) is 2.77. The minimum absolute atomic E-state index is 0.0659. The molecule has 2 rings (SSSR count). The number of anilines is 1. The zero-order chi connectivity index (χ0) is 11.4.